The van der Waals surface area contributed by atoms with Gasteiger partial charge in [0, 0.05) is 23.3 Å². The lowest BCUT2D eigenvalue weighted by Gasteiger charge is -2.05. The van der Waals surface area contributed by atoms with Crippen LogP contribution in [0.2, 0.25) is 0 Å². The fourth-order valence-electron chi connectivity index (χ4n) is 3.19. The summed E-state index contributed by atoms with van der Waals surface area (Å²) in [4.78, 5) is 12.3. The van der Waals surface area contributed by atoms with Crippen molar-refractivity contribution in [3.05, 3.63) is 66.5 Å². The van der Waals surface area contributed by atoms with Crippen LogP contribution < -0.4 is 0 Å². The van der Waals surface area contributed by atoms with Crippen LogP contribution in [0.4, 0.5) is 0 Å². The molecule has 5 nitrogen and oxygen atoms in total. The van der Waals surface area contributed by atoms with Gasteiger partial charge in [-0.15, -0.1) is 0 Å². The maximum absolute atomic E-state index is 4.67. The van der Waals surface area contributed by atoms with E-state index in [0.29, 0.717) is 0 Å². The number of pyridine rings is 1. The highest BCUT2D eigenvalue weighted by Gasteiger charge is 2.13. The van der Waals surface area contributed by atoms with E-state index in [1.807, 2.05) is 42.7 Å². The molecule has 0 bridgehead atoms. The Hall–Kier alpha value is -3.47. The second kappa shape index (κ2) is 5.27. The Balaban J connectivity index is 1.71. The second-order valence-corrected chi connectivity index (χ2v) is 6.13. The van der Waals surface area contributed by atoms with Gasteiger partial charge in [0.05, 0.1) is 16.6 Å². The highest BCUT2D eigenvalue weighted by molar-refractivity contribution is 5.95. The minimum Gasteiger partial charge on any atom is -0.337 e. The predicted octanol–water partition coefficient (Wildman–Crippen LogP) is 4.48. The topological polar surface area (TPSA) is 70.2 Å². The van der Waals surface area contributed by atoms with Crippen LogP contribution in [0, 0.1) is 6.92 Å². The van der Waals surface area contributed by atoms with Gasteiger partial charge in [-0.05, 0) is 48.4 Å². The number of hydrogen-bond donors (Lipinski definition) is 2. The molecular weight excluding hydrogens is 310 g/mol. The Morgan fingerprint density at radius 3 is 2.76 bits per heavy atom. The first kappa shape index (κ1) is 13.9. The van der Waals surface area contributed by atoms with Gasteiger partial charge in [0.2, 0.25) is 0 Å². The van der Waals surface area contributed by atoms with Crippen molar-refractivity contribution in [3.8, 4) is 22.6 Å². The van der Waals surface area contributed by atoms with Gasteiger partial charge in [-0.25, -0.2) is 4.98 Å². The number of aryl methyl sites for hydroxylation is 1. The summed E-state index contributed by atoms with van der Waals surface area (Å²) >= 11 is 0. The van der Waals surface area contributed by atoms with Crippen molar-refractivity contribution < 1.29 is 0 Å². The van der Waals surface area contributed by atoms with Crippen LogP contribution in [-0.2, 0) is 0 Å². The molecule has 2 N–H and O–H groups in total. The SMILES string of the molecule is Cc1ccncc1-c1ccc2[nH]nc(-c3nc4ccccc4[nH]3)c2c1. The number of H-pyrrole nitrogens is 2. The second-order valence-electron chi connectivity index (χ2n) is 6.13. The van der Waals surface area contributed by atoms with Gasteiger partial charge in [-0.1, -0.05) is 18.2 Å². The standard InChI is InChI=1S/C20H15N5/c1-12-8-9-21-11-15(12)13-6-7-16-14(10-13)19(25-24-16)20-22-17-4-2-3-5-18(17)23-20/h2-11H,1H3,(H,22,23)(H,24,25). The smallest absolute Gasteiger partial charge is 0.159 e. The van der Waals surface area contributed by atoms with Gasteiger partial charge in [-0.3, -0.25) is 10.1 Å². The summed E-state index contributed by atoms with van der Waals surface area (Å²) in [5, 5.41) is 8.62. The summed E-state index contributed by atoms with van der Waals surface area (Å²) in [7, 11) is 0. The molecule has 0 fully saturated rings. The van der Waals surface area contributed by atoms with Crippen LogP contribution in [0.1, 0.15) is 5.56 Å². The first-order valence-corrected chi connectivity index (χ1v) is 8.14. The van der Waals surface area contributed by atoms with Crippen LogP contribution in [0.25, 0.3) is 44.6 Å². The molecule has 3 aromatic heterocycles. The normalized spacial score (nSPS) is 11.4. The van der Waals surface area contributed by atoms with E-state index in [0.717, 1.165) is 44.6 Å². The van der Waals surface area contributed by atoms with Crippen molar-refractivity contribution in [1.29, 1.82) is 0 Å². The van der Waals surface area contributed by atoms with Crippen molar-refractivity contribution in [1.82, 2.24) is 25.1 Å². The lowest BCUT2D eigenvalue weighted by molar-refractivity contribution is 1.11. The Morgan fingerprint density at radius 1 is 0.960 bits per heavy atom. The molecule has 5 aromatic rings. The zero-order chi connectivity index (χ0) is 16.8. The van der Waals surface area contributed by atoms with Crippen LogP contribution in [0.5, 0.6) is 0 Å². The van der Waals surface area contributed by atoms with E-state index < -0.39 is 0 Å². The fourth-order valence-corrected chi connectivity index (χ4v) is 3.19. The van der Waals surface area contributed by atoms with E-state index in [1.54, 1.807) is 0 Å². The summed E-state index contributed by atoms with van der Waals surface area (Å²) in [6, 6.07) is 16.3. The maximum Gasteiger partial charge on any atom is 0.159 e. The highest BCUT2D eigenvalue weighted by atomic mass is 15.1. The van der Waals surface area contributed by atoms with Crippen LogP contribution in [-0.4, -0.2) is 25.1 Å². The Morgan fingerprint density at radius 2 is 1.88 bits per heavy atom. The van der Waals surface area contributed by atoms with E-state index in [-0.39, 0.29) is 0 Å². The lowest BCUT2D eigenvalue weighted by Crippen LogP contribution is -1.85. The highest BCUT2D eigenvalue weighted by Crippen LogP contribution is 2.31. The van der Waals surface area contributed by atoms with Crippen molar-refractivity contribution in [2.24, 2.45) is 0 Å². The Bertz CT molecular complexity index is 1180. The monoisotopic (exact) mass is 325 g/mol. The minimum atomic E-state index is 0.771. The van der Waals surface area contributed by atoms with Gasteiger partial charge < -0.3 is 4.98 Å². The van der Waals surface area contributed by atoms with Crippen molar-refractivity contribution >= 4 is 21.9 Å². The Labute approximate surface area is 143 Å². The van der Waals surface area contributed by atoms with E-state index in [2.05, 4.69) is 50.3 Å². The molecule has 0 amide bonds. The molecule has 0 unspecified atom stereocenters. The Kier molecular flexibility index (Phi) is 2.94. The van der Waals surface area contributed by atoms with Crippen molar-refractivity contribution in [2.75, 3.05) is 0 Å². The van der Waals surface area contributed by atoms with Crippen molar-refractivity contribution in [3.63, 3.8) is 0 Å². The lowest BCUT2D eigenvalue weighted by atomic mass is 10.0. The number of imidazole rings is 1. The third kappa shape index (κ3) is 2.21. The average Bonchev–Trinajstić information content (AvgIpc) is 3.25. The number of nitrogens with one attached hydrogen (secondary N) is 2. The van der Waals surface area contributed by atoms with Crippen molar-refractivity contribution in [2.45, 2.75) is 6.92 Å². The van der Waals surface area contributed by atoms with Crippen LogP contribution >= 0.6 is 0 Å². The quantitative estimate of drug-likeness (QED) is 0.503. The molecule has 0 saturated carbocycles. The number of benzene rings is 2. The number of hydrogen-bond acceptors (Lipinski definition) is 3. The largest absolute Gasteiger partial charge is 0.337 e. The molecule has 0 spiro atoms. The van der Waals surface area contributed by atoms with E-state index in [9.17, 15) is 0 Å². The fraction of sp³-hybridized carbons (Fsp3) is 0.0500. The molecule has 0 saturated heterocycles. The molecule has 3 heterocycles. The summed E-state index contributed by atoms with van der Waals surface area (Å²) in [5.41, 5.74) is 7.21. The van der Waals surface area contributed by atoms with Crippen LogP contribution in [0.15, 0.2) is 60.9 Å². The third-order valence-corrected chi connectivity index (χ3v) is 4.53. The van der Waals surface area contributed by atoms with E-state index in [4.69, 9.17) is 0 Å². The number of aromatic nitrogens is 5. The summed E-state index contributed by atoms with van der Waals surface area (Å²) in [5.74, 6) is 0.771. The first-order chi connectivity index (χ1) is 12.3. The molecule has 25 heavy (non-hydrogen) atoms. The zero-order valence-corrected chi connectivity index (χ0v) is 13.6. The molecule has 0 atom stereocenters. The molecule has 0 radical (unpaired) electrons. The molecule has 120 valence electrons. The summed E-state index contributed by atoms with van der Waals surface area (Å²) in [6.07, 6.45) is 3.71. The maximum atomic E-state index is 4.67. The summed E-state index contributed by atoms with van der Waals surface area (Å²) < 4.78 is 0. The molecule has 5 rings (SSSR count). The molecule has 0 aliphatic rings. The third-order valence-electron chi connectivity index (χ3n) is 4.53. The van der Waals surface area contributed by atoms with Gasteiger partial charge in [0.25, 0.3) is 0 Å². The molecule has 0 aliphatic heterocycles. The van der Waals surface area contributed by atoms with Crippen LogP contribution in [0.3, 0.4) is 0 Å². The number of para-hydroxylation sites is 2. The summed E-state index contributed by atoms with van der Waals surface area (Å²) in [6.45, 7) is 2.09. The van der Waals surface area contributed by atoms with E-state index in [1.165, 1.54) is 5.56 Å². The number of aromatic amines is 2. The van der Waals surface area contributed by atoms with Gasteiger partial charge >= 0.3 is 0 Å². The predicted molar refractivity (Wildman–Crippen MR) is 99.1 cm³/mol. The zero-order valence-electron chi connectivity index (χ0n) is 13.6. The number of rotatable bonds is 2. The van der Waals surface area contributed by atoms with Gasteiger partial charge in [0.1, 0.15) is 5.69 Å². The minimum absolute atomic E-state index is 0.771. The van der Waals surface area contributed by atoms with Gasteiger partial charge in [0.15, 0.2) is 5.82 Å². The molecule has 2 aromatic carbocycles. The molecular formula is C20H15N5. The number of fused-ring (bicyclic) bond motifs is 2. The molecule has 0 aliphatic carbocycles. The number of nitrogens with zero attached hydrogens (tertiary/aromatic N) is 3. The van der Waals surface area contributed by atoms with E-state index >= 15 is 0 Å². The molecule has 5 heteroatoms. The average molecular weight is 325 g/mol. The van der Waals surface area contributed by atoms with Gasteiger partial charge in [-0.2, -0.15) is 5.10 Å². The first-order valence-electron chi connectivity index (χ1n) is 8.14.